The summed E-state index contributed by atoms with van der Waals surface area (Å²) in [7, 11) is 0. The summed E-state index contributed by atoms with van der Waals surface area (Å²) in [6.45, 7) is 2.62. The third-order valence-corrected chi connectivity index (χ3v) is 6.64. The van der Waals surface area contributed by atoms with Gasteiger partial charge in [-0.1, -0.05) is 28.4 Å². The number of nitrogens with one attached hydrogen (secondary N) is 1. The molecule has 32 heavy (non-hydrogen) atoms. The smallest absolute Gasteiger partial charge is 0.410 e. The molecule has 2 fully saturated rings. The molecule has 2 aliphatic rings. The van der Waals surface area contributed by atoms with Gasteiger partial charge in [-0.3, -0.25) is 9.89 Å². The molecule has 0 radical (unpaired) electrons. The van der Waals surface area contributed by atoms with E-state index < -0.39 is 0 Å². The zero-order chi connectivity index (χ0) is 22.2. The Morgan fingerprint density at radius 2 is 1.78 bits per heavy atom. The van der Waals surface area contributed by atoms with Gasteiger partial charge in [-0.05, 0) is 60.2 Å². The third-order valence-electron chi connectivity index (χ3n) is 6.20. The summed E-state index contributed by atoms with van der Waals surface area (Å²) < 4.78 is 5.48. The summed E-state index contributed by atoms with van der Waals surface area (Å²) in [6.07, 6.45) is 0.482. The minimum atomic E-state index is -0.360. The van der Waals surface area contributed by atoms with Crippen LogP contribution in [0, 0.1) is 11.8 Å². The third kappa shape index (κ3) is 4.25. The predicted octanol–water partition coefficient (Wildman–Crippen LogP) is 4.00. The van der Waals surface area contributed by atoms with Crippen LogP contribution in [0.1, 0.15) is 22.3 Å². The average Bonchev–Trinajstić information content (AvgIpc) is 3.42. The number of carbonyl (C=O) groups excluding carboxylic acids is 2. The number of amides is 2. The number of piperidine rings is 1. The second-order valence-electron chi connectivity index (χ2n) is 8.34. The van der Waals surface area contributed by atoms with Crippen LogP contribution in [0.3, 0.4) is 0 Å². The quantitative estimate of drug-likeness (QED) is 0.620. The van der Waals surface area contributed by atoms with Crippen LogP contribution < -0.4 is 0 Å². The number of halogens is 2. The largest absolute Gasteiger partial charge is 0.445 e. The van der Waals surface area contributed by atoms with Gasteiger partial charge in [-0.2, -0.15) is 0 Å². The number of aromatic nitrogens is 3. The van der Waals surface area contributed by atoms with Crippen molar-refractivity contribution in [2.75, 3.05) is 26.2 Å². The Labute approximate surface area is 194 Å². The molecule has 2 aromatic carbocycles. The second kappa shape index (κ2) is 8.60. The molecule has 2 atom stereocenters. The van der Waals surface area contributed by atoms with Crippen LogP contribution in [-0.4, -0.2) is 63.4 Å². The van der Waals surface area contributed by atoms with Gasteiger partial charge >= 0.3 is 6.09 Å². The van der Waals surface area contributed by atoms with Crippen LogP contribution in [0.2, 0.25) is 10.0 Å². The number of nitrogens with zero attached hydrogens (tertiary/aromatic N) is 4. The lowest BCUT2D eigenvalue weighted by molar-refractivity contribution is 0.0729. The molecule has 1 N–H and O–H groups in total. The Bertz CT molecular complexity index is 1160. The van der Waals surface area contributed by atoms with Crippen LogP contribution >= 0.6 is 23.2 Å². The Balaban J connectivity index is 1.19. The first-order valence-corrected chi connectivity index (χ1v) is 11.2. The zero-order valence-corrected chi connectivity index (χ0v) is 18.6. The molecule has 2 aliphatic heterocycles. The van der Waals surface area contributed by atoms with Crippen LogP contribution in [0.4, 0.5) is 4.79 Å². The van der Waals surface area contributed by atoms with E-state index in [1.165, 1.54) is 0 Å². The Morgan fingerprint density at radius 1 is 1.03 bits per heavy atom. The molecule has 0 spiro atoms. The van der Waals surface area contributed by atoms with Crippen LogP contribution in [0.15, 0.2) is 36.4 Å². The summed E-state index contributed by atoms with van der Waals surface area (Å²) >= 11 is 12.0. The summed E-state index contributed by atoms with van der Waals surface area (Å²) in [6, 6.07) is 10.5. The molecule has 2 saturated heterocycles. The van der Waals surface area contributed by atoms with E-state index in [4.69, 9.17) is 27.9 Å². The molecule has 3 aromatic rings. The number of H-pyrrole nitrogens is 1. The number of ether oxygens (including phenoxy) is 1. The fraction of sp³-hybridized carbons (Fsp3) is 0.364. The normalized spacial score (nSPS) is 20.4. The molecule has 10 heteroatoms. The monoisotopic (exact) mass is 473 g/mol. The standard InChI is InChI=1S/C22H21Cl2N5O3/c23-17-5-13(6-18(24)8-17)12-32-22(31)28-4-3-15-9-29(11-16(15)10-28)21(30)14-1-2-19-20(7-14)26-27-25-19/h1-2,5-8,15-16H,3-4,9-12H2,(H,25,26,27). The van der Waals surface area contributed by atoms with E-state index in [9.17, 15) is 9.59 Å². The van der Waals surface area contributed by atoms with Gasteiger partial charge in [-0.15, -0.1) is 5.10 Å². The zero-order valence-electron chi connectivity index (χ0n) is 17.1. The highest BCUT2D eigenvalue weighted by Gasteiger charge is 2.40. The fourth-order valence-corrected chi connectivity index (χ4v) is 5.16. The first-order chi connectivity index (χ1) is 15.5. The van der Waals surface area contributed by atoms with Gasteiger partial charge < -0.3 is 14.5 Å². The molecule has 5 rings (SSSR count). The van der Waals surface area contributed by atoms with Crippen molar-refractivity contribution in [1.82, 2.24) is 25.2 Å². The Morgan fingerprint density at radius 3 is 2.59 bits per heavy atom. The SMILES string of the molecule is O=C(OCc1cc(Cl)cc(Cl)c1)N1CCC2CN(C(=O)c3ccc4[nH]nnc4c3)CC2C1. The number of aromatic amines is 1. The van der Waals surface area contributed by atoms with Gasteiger partial charge in [0.2, 0.25) is 0 Å². The molecule has 2 amide bonds. The number of hydrogen-bond donors (Lipinski definition) is 1. The topological polar surface area (TPSA) is 91.4 Å². The molecule has 0 aliphatic carbocycles. The maximum atomic E-state index is 13.0. The van der Waals surface area contributed by atoms with E-state index in [2.05, 4.69) is 15.4 Å². The predicted molar refractivity (Wildman–Crippen MR) is 120 cm³/mol. The molecule has 1 aromatic heterocycles. The minimum absolute atomic E-state index is 0.0174. The van der Waals surface area contributed by atoms with Crippen molar-refractivity contribution in [3.05, 3.63) is 57.6 Å². The molecule has 0 saturated carbocycles. The van der Waals surface area contributed by atoms with E-state index in [0.29, 0.717) is 53.2 Å². The molecule has 3 heterocycles. The fourth-order valence-electron chi connectivity index (χ4n) is 4.59. The van der Waals surface area contributed by atoms with Gasteiger partial charge in [0.1, 0.15) is 12.1 Å². The van der Waals surface area contributed by atoms with Crippen molar-refractivity contribution >= 4 is 46.2 Å². The van der Waals surface area contributed by atoms with Crippen molar-refractivity contribution < 1.29 is 14.3 Å². The number of benzene rings is 2. The molecular weight excluding hydrogens is 453 g/mol. The van der Waals surface area contributed by atoms with E-state index in [1.807, 2.05) is 11.0 Å². The Hall–Kier alpha value is -2.84. The van der Waals surface area contributed by atoms with Crippen molar-refractivity contribution in [3.8, 4) is 0 Å². The van der Waals surface area contributed by atoms with E-state index in [0.717, 1.165) is 17.5 Å². The van der Waals surface area contributed by atoms with Crippen molar-refractivity contribution in [3.63, 3.8) is 0 Å². The molecule has 8 nitrogen and oxygen atoms in total. The summed E-state index contributed by atoms with van der Waals surface area (Å²) in [4.78, 5) is 29.2. The van der Waals surface area contributed by atoms with E-state index in [-0.39, 0.29) is 24.5 Å². The average molecular weight is 474 g/mol. The highest BCUT2D eigenvalue weighted by atomic mass is 35.5. The first-order valence-electron chi connectivity index (χ1n) is 10.4. The highest BCUT2D eigenvalue weighted by molar-refractivity contribution is 6.34. The van der Waals surface area contributed by atoms with Gasteiger partial charge in [0.05, 0.1) is 5.52 Å². The highest BCUT2D eigenvalue weighted by Crippen LogP contribution is 2.32. The molecular formula is C22H21Cl2N5O3. The maximum absolute atomic E-state index is 13.0. The minimum Gasteiger partial charge on any atom is -0.445 e. The molecule has 166 valence electrons. The number of hydrogen-bond acceptors (Lipinski definition) is 5. The number of carbonyl (C=O) groups is 2. The van der Waals surface area contributed by atoms with Crippen LogP contribution in [0.5, 0.6) is 0 Å². The van der Waals surface area contributed by atoms with Gasteiger partial charge in [0.15, 0.2) is 0 Å². The van der Waals surface area contributed by atoms with Gasteiger partial charge in [-0.25, -0.2) is 4.79 Å². The van der Waals surface area contributed by atoms with Crippen molar-refractivity contribution in [2.24, 2.45) is 11.8 Å². The van der Waals surface area contributed by atoms with Gasteiger partial charge in [0, 0.05) is 41.8 Å². The lowest BCUT2D eigenvalue weighted by Gasteiger charge is -2.33. The van der Waals surface area contributed by atoms with Gasteiger partial charge in [0.25, 0.3) is 5.91 Å². The van der Waals surface area contributed by atoms with E-state index in [1.54, 1.807) is 35.2 Å². The van der Waals surface area contributed by atoms with Crippen molar-refractivity contribution in [2.45, 2.75) is 13.0 Å². The Kier molecular flexibility index (Phi) is 5.65. The number of likely N-dealkylation sites (tertiary alicyclic amines) is 2. The summed E-state index contributed by atoms with van der Waals surface area (Å²) in [5.41, 5.74) is 2.81. The lowest BCUT2D eigenvalue weighted by atomic mass is 9.89. The number of rotatable bonds is 3. The summed E-state index contributed by atoms with van der Waals surface area (Å²) in [5.74, 6) is 0.596. The molecule has 0 bridgehead atoms. The van der Waals surface area contributed by atoms with Crippen LogP contribution in [0.25, 0.3) is 11.0 Å². The van der Waals surface area contributed by atoms with Crippen LogP contribution in [-0.2, 0) is 11.3 Å². The van der Waals surface area contributed by atoms with Crippen molar-refractivity contribution in [1.29, 1.82) is 0 Å². The second-order valence-corrected chi connectivity index (χ2v) is 9.21. The maximum Gasteiger partial charge on any atom is 0.410 e. The first kappa shape index (κ1) is 21.0. The summed E-state index contributed by atoms with van der Waals surface area (Å²) in [5, 5.41) is 11.5. The van der Waals surface area contributed by atoms with E-state index >= 15 is 0 Å². The number of fused-ring (bicyclic) bond motifs is 2. The molecule has 2 unspecified atom stereocenters. The lowest BCUT2D eigenvalue weighted by Crippen LogP contribution is -2.43.